The van der Waals surface area contributed by atoms with Gasteiger partial charge in [-0.3, -0.25) is 0 Å². The van der Waals surface area contributed by atoms with Crippen LogP contribution < -0.4 is 4.74 Å². The van der Waals surface area contributed by atoms with Gasteiger partial charge >= 0.3 is 0 Å². The van der Waals surface area contributed by atoms with E-state index in [1.807, 2.05) is 13.0 Å². The van der Waals surface area contributed by atoms with Gasteiger partial charge in [0.15, 0.2) is 0 Å². The summed E-state index contributed by atoms with van der Waals surface area (Å²) in [6.45, 7) is 8.52. The first-order valence-corrected chi connectivity index (χ1v) is 13.1. The van der Waals surface area contributed by atoms with Crippen molar-refractivity contribution in [1.82, 2.24) is 0 Å². The Morgan fingerprint density at radius 2 is 1.56 bits per heavy atom. The number of aliphatic hydroxyl groups excluding tert-OH is 2. The average molecular weight is 469 g/mol. The highest BCUT2D eigenvalue weighted by Gasteiger charge is 2.32. The first-order chi connectivity index (χ1) is 16.3. The highest BCUT2D eigenvalue weighted by molar-refractivity contribution is 5.47. The van der Waals surface area contributed by atoms with Gasteiger partial charge in [-0.1, -0.05) is 63.4 Å². The number of rotatable bonds is 11. The van der Waals surface area contributed by atoms with Crippen LogP contribution in [0.1, 0.15) is 93.0 Å². The molecule has 4 heteroatoms. The third kappa shape index (κ3) is 6.02. The predicted octanol–water partition coefficient (Wildman–Crippen LogP) is 5.77. The third-order valence-electron chi connectivity index (χ3n) is 8.12. The van der Waals surface area contributed by atoms with Crippen molar-refractivity contribution in [1.29, 1.82) is 0 Å². The van der Waals surface area contributed by atoms with Gasteiger partial charge in [-0.25, -0.2) is 0 Å². The molecule has 0 spiro atoms. The molecule has 188 valence electrons. The van der Waals surface area contributed by atoms with Crippen LogP contribution in [0.4, 0.5) is 0 Å². The molecule has 0 bridgehead atoms. The molecule has 1 fully saturated rings. The quantitative estimate of drug-likeness (QED) is 0.392. The highest BCUT2D eigenvalue weighted by Crippen LogP contribution is 2.41. The summed E-state index contributed by atoms with van der Waals surface area (Å²) in [4.78, 5) is 0. The maximum Gasteiger partial charge on any atom is 0.122 e. The van der Waals surface area contributed by atoms with Crippen LogP contribution >= 0.6 is 0 Å². The number of ether oxygens (including phenoxy) is 1. The molecule has 0 amide bonds. The summed E-state index contributed by atoms with van der Waals surface area (Å²) in [5, 5.41) is 29.6. The molecule has 1 atom stereocenters. The van der Waals surface area contributed by atoms with Gasteiger partial charge in [-0.15, -0.1) is 0 Å². The van der Waals surface area contributed by atoms with Crippen molar-refractivity contribution in [3.05, 3.63) is 64.2 Å². The molecule has 4 nitrogen and oxygen atoms in total. The summed E-state index contributed by atoms with van der Waals surface area (Å²) in [5.74, 6) is 0.740. The van der Waals surface area contributed by atoms with Crippen molar-refractivity contribution < 1.29 is 20.1 Å². The van der Waals surface area contributed by atoms with E-state index in [2.05, 4.69) is 51.1 Å². The van der Waals surface area contributed by atoms with E-state index in [4.69, 9.17) is 9.84 Å². The molecular weight excluding hydrogens is 424 g/mol. The van der Waals surface area contributed by atoms with Gasteiger partial charge in [0.05, 0.1) is 12.2 Å². The van der Waals surface area contributed by atoms with Crippen LogP contribution in [0.25, 0.3) is 0 Å². The Morgan fingerprint density at radius 1 is 0.941 bits per heavy atom. The Morgan fingerprint density at radius 3 is 2.12 bits per heavy atom. The second-order valence-electron chi connectivity index (χ2n) is 10.3. The molecule has 2 aromatic rings. The first-order valence-electron chi connectivity index (χ1n) is 13.1. The molecule has 1 aliphatic rings. The number of hydrogen-bond donors (Lipinski definition) is 3. The Bertz CT molecular complexity index is 925. The standard InChI is InChI=1S/C30H44O4/c1-5-30(6-2,26-12-13-28(23(4)19-26)34-21-27(32)20-31)25-11-10-24(22(3)18-25)14-17-29(33)15-8-7-9-16-29/h10-13,18-19,27,31-33H,5-9,14-17,20-21H2,1-4H3/t27-/m0/s1. The summed E-state index contributed by atoms with van der Waals surface area (Å²) < 4.78 is 5.72. The SMILES string of the molecule is CCC(CC)(c1ccc(CCC2(O)CCCCC2)c(C)c1)c1ccc(OC[C@@H](O)CO)c(C)c1. The predicted molar refractivity (Wildman–Crippen MR) is 139 cm³/mol. The summed E-state index contributed by atoms with van der Waals surface area (Å²) >= 11 is 0. The van der Waals surface area contributed by atoms with E-state index in [0.29, 0.717) is 0 Å². The minimum Gasteiger partial charge on any atom is -0.491 e. The Hall–Kier alpha value is -1.88. The van der Waals surface area contributed by atoms with Crippen LogP contribution in [0.3, 0.4) is 0 Å². The topological polar surface area (TPSA) is 69.9 Å². The zero-order chi connectivity index (χ0) is 24.8. The minimum absolute atomic E-state index is 0.0825. The number of benzene rings is 2. The molecule has 0 heterocycles. The Kier molecular flexibility index (Phi) is 9.20. The van der Waals surface area contributed by atoms with Crippen LogP contribution in [-0.4, -0.2) is 40.2 Å². The van der Waals surface area contributed by atoms with E-state index in [-0.39, 0.29) is 18.6 Å². The number of aliphatic hydroxyl groups is 3. The van der Waals surface area contributed by atoms with Gasteiger partial charge < -0.3 is 20.1 Å². The maximum absolute atomic E-state index is 10.9. The van der Waals surface area contributed by atoms with E-state index in [1.54, 1.807) is 0 Å². The van der Waals surface area contributed by atoms with Gasteiger partial charge in [0.1, 0.15) is 18.5 Å². The minimum atomic E-state index is -0.871. The van der Waals surface area contributed by atoms with Crippen molar-refractivity contribution in [3.8, 4) is 5.75 Å². The average Bonchev–Trinajstić information content (AvgIpc) is 2.84. The molecule has 0 aliphatic heterocycles. The van der Waals surface area contributed by atoms with Crippen molar-refractivity contribution in [2.45, 2.75) is 103 Å². The van der Waals surface area contributed by atoms with Crippen molar-refractivity contribution >= 4 is 0 Å². The van der Waals surface area contributed by atoms with Gasteiger partial charge in [-0.2, -0.15) is 0 Å². The maximum atomic E-state index is 10.9. The molecule has 34 heavy (non-hydrogen) atoms. The fraction of sp³-hybridized carbons (Fsp3) is 0.600. The van der Waals surface area contributed by atoms with Gasteiger partial charge in [0.25, 0.3) is 0 Å². The Labute approximate surface area is 206 Å². The Balaban J connectivity index is 1.82. The molecule has 0 saturated heterocycles. The van der Waals surface area contributed by atoms with Crippen LogP contribution in [0.2, 0.25) is 0 Å². The lowest BCUT2D eigenvalue weighted by Gasteiger charge is -2.35. The summed E-state index contributed by atoms with van der Waals surface area (Å²) in [6.07, 6.45) is 8.33. The highest BCUT2D eigenvalue weighted by atomic mass is 16.5. The molecule has 1 aliphatic carbocycles. The lowest BCUT2D eigenvalue weighted by Crippen LogP contribution is -2.31. The lowest BCUT2D eigenvalue weighted by molar-refractivity contribution is -0.00344. The van der Waals surface area contributed by atoms with E-state index < -0.39 is 11.7 Å². The van der Waals surface area contributed by atoms with E-state index in [9.17, 15) is 10.2 Å². The zero-order valence-electron chi connectivity index (χ0n) is 21.6. The van der Waals surface area contributed by atoms with Crippen LogP contribution in [0, 0.1) is 13.8 Å². The second-order valence-corrected chi connectivity index (χ2v) is 10.3. The van der Waals surface area contributed by atoms with Crippen molar-refractivity contribution in [3.63, 3.8) is 0 Å². The first kappa shape index (κ1) is 26.7. The van der Waals surface area contributed by atoms with Gasteiger partial charge in [0.2, 0.25) is 0 Å². The molecular formula is C30H44O4. The normalized spacial score (nSPS) is 16.9. The van der Waals surface area contributed by atoms with E-state index >= 15 is 0 Å². The summed E-state index contributed by atoms with van der Waals surface area (Å²) in [7, 11) is 0. The fourth-order valence-corrected chi connectivity index (χ4v) is 5.68. The van der Waals surface area contributed by atoms with E-state index in [1.165, 1.54) is 28.7 Å². The van der Waals surface area contributed by atoms with Crippen molar-refractivity contribution in [2.75, 3.05) is 13.2 Å². The largest absolute Gasteiger partial charge is 0.491 e. The fourth-order valence-electron chi connectivity index (χ4n) is 5.68. The molecule has 0 unspecified atom stereocenters. The monoisotopic (exact) mass is 468 g/mol. The molecule has 0 aromatic heterocycles. The van der Waals surface area contributed by atoms with Crippen molar-refractivity contribution in [2.24, 2.45) is 0 Å². The molecule has 3 N–H and O–H groups in total. The van der Waals surface area contributed by atoms with E-state index in [0.717, 1.165) is 62.7 Å². The molecule has 3 rings (SSSR count). The van der Waals surface area contributed by atoms with Gasteiger partial charge in [-0.05, 0) is 86.3 Å². The smallest absolute Gasteiger partial charge is 0.122 e. The molecule has 2 aromatic carbocycles. The number of aryl methyl sites for hydroxylation is 3. The lowest BCUT2D eigenvalue weighted by atomic mass is 9.69. The second kappa shape index (κ2) is 11.7. The summed E-state index contributed by atoms with van der Waals surface area (Å²) in [6, 6.07) is 13.2. The number of hydrogen-bond acceptors (Lipinski definition) is 4. The van der Waals surface area contributed by atoms with Crippen LogP contribution in [0.5, 0.6) is 5.75 Å². The zero-order valence-corrected chi connectivity index (χ0v) is 21.6. The van der Waals surface area contributed by atoms with Gasteiger partial charge in [0, 0.05) is 5.41 Å². The molecule has 1 saturated carbocycles. The van der Waals surface area contributed by atoms with Crippen LogP contribution in [0.15, 0.2) is 36.4 Å². The summed E-state index contributed by atoms with van der Waals surface area (Å²) in [5.41, 5.74) is 5.72. The van der Waals surface area contributed by atoms with Crippen LogP contribution in [-0.2, 0) is 11.8 Å². The third-order valence-corrected chi connectivity index (χ3v) is 8.12. The molecule has 0 radical (unpaired) electrons.